The van der Waals surface area contributed by atoms with Gasteiger partial charge in [-0.2, -0.15) is 0 Å². The summed E-state index contributed by atoms with van der Waals surface area (Å²) in [5.41, 5.74) is 0. The summed E-state index contributed by atoms with van der Waals surface area (Å²) in [4.78, 5) is 12.8. The van der Waals surface area contributed by atoms with E-state index < -0.39 is 6.09 Å². The number of rotatable bonds is 1. The van der Waals surface area contributed by atoms with Crippen LogP contribution in [-0.4, -0.2) is 33.5 Å². The van der Waals surface area contributed by atoms with Crippen LogP contribution in [0.25, 0.3) is 0 Å². The van der Waals surface area contributed by atoms with Crippen LogP contribution in [0.5, 0.6) is 0 Å². The summed E-state index contributed by atoms with van der Waals surface area (Å²) in [5.74, 6) is 0. The van der Waals surface area contributed by atoms with Gasteiger partial charge in [0.15, 0.2) is 0 Å². The Hall–Kier alpha value is -0.250. The third-order valence-electron chi connectivity index (χ3n) is 2.37. The van der Waals surface area contributed by atoms with Crippen molar-refractivity contribution in [3.05, 3.63) is 0 Å². The molecule has 0 spiro atoms. The second-order valence-electron chi connectivity index (χ2n) is 3.16. The van der Waals surface area contributed by atoms with Crippen LogP contribution in [-0.2, 0) is 0 Å². The molecule has 0 aromatic carbocycles. The molecule has 0 aromatic rings. The van der Waals surface area contributed by atoms with Gasteiger partial charge in [0.2, 0.25) is 0 Å². The standard InChI is InChI=1S/C8H14BrNO2/c1-2-7-5-6(9)3-4-10(7)8(11)12/h6-7H,2-5H2,1H3,(H,11,12). The van der Waals surface area contributed by atoms with Gasteiger partial charge in [0.1, 0.15) is 0 Å². The molecule has 1 amide bonds. The van der Waals surface area contributed by atoms with Crippen LogP contribution in [0.15, 0.2) is 0 Å². The van der Waals surface area contributed by atoms with Gasteiger partial charge in [-0.05, 0) is 19.3 Å². The quantitative estimate of drug-likeness (QED) is 0.709. The third-order valence-corrected chi connectivity index (χ3v) is 3.20. The number of nitrogens with zero attached hydrogens (tertiary/aromatic N) is 1. The molecule has 0 aliphatic carbocycles. The van der Waals surface area contributed by atoms with Crippen molar-refractivity contribution < 1.29 is 9.90 Å². The first-order valence-electron chi connectivity index (χ1n) is 4.28. The molecule has 1 saturated heterocycles. The molecule has 1 aliphatic heterocycles. The number of piperidine rings is 1. The van der Waals surface area contributed by atoms with Crippen molar-refractivity contribution in [2.45, 2.75) is 37.1 Å². The topological polar surface area (TPSA) is 40.5 Å². The van der Waals surface area contributed by atoms with Crippen molar-refractivity contribution in [2.75, 3.05) is 6.54 Å². The van der Waals surface area contributed by atoms with E-state index in [1.54, 1.807) is 4.90 Å². The first kappa shape index (κ1) is 9.84. The van der Waals surface area contributed by atoms with E-state index in [2.05, 4.69) is 15.9 Å². The molecule has 12 heavy (non-hydrogen) atoms. The third kappa shape index (κ3) is 2.12. The Labute approximate surface area is 80.9 Å². The molecule has 1 aliphatic rings. The minimum atomic E-state index is -0.777. The molecule has 70 valence electrons. The molecule has 1 heterocycles. The molecule has 0 bridgehead atoms. The lowest BCUT2D eigenvalue weighted by Crippen LogP contribution is -2.45. The Balaban J connectivity index is 2.56. The van der Waals surface area contributed by atoms with E-state index in [4.69, 9.17) is 5.11 Å². The summed E-state index contributed by atoms with van der Waals surface area (Å²) in [6.45, 7) is 2.70. The highest BCUT2D eigenvalue weighted by Crippen LogP contribution is 2.24. The Morgan fingerprint density at radius 2 is 2.42 bits per heavy atom. The molecule has 0 radical (unpaired) electrons. The molecule has 3 nitrogen and oxygen atoms in total. The fourth-order valence-corrected chi connectivity index (χ4v) is 2.28. The van der Waals surface area contributed by atoms with Gasteiger partial charge in [-0.25, -0.2) is 4.79 Å². The van der Waals surface area contributed by atoms with Crippen LogP contribution in [0.4, 0.5) is 4.79 Å². The van der Waals surface area contributed by atoms with Gasteiger partial charge < -0.3 is 10.0 Å². The fourth-order valence-electron chi connectivity index (χ4n) is 1.64. The van der Waals surface area contributed by atoms with E-state index in [-0.39, 0.29) is 6.04 Å². The Morgan fingerprint density at radius 3 is 2.92 bits per heavy atom. The average Bonchev–Trinajstić information content (AvgIpc) is 2.03. The molecular formula is C8H14BrNO2. The van der Waals surface area contributed by atoms with Gasteiger partial charge in [-0.3, -0.25) is 0 Å². The van der Waals surface area contributed by atoms with Crippen molar-refractivity contribution in [1.29, 1.82) is 0 Å². The van der Waals surface area contributed by atoms with E-state index in [0.29, 0.717) is 11.4 Å². The summed E-state index contributed by atoms with van der Waals surface area (Å²) < 4.78 is 0. The predicted octanol–water partition coefficient (Wildman–Crippen LogP) is 2.30. The van der Waals surface area contributed by atoms with Crippen molar-refractivity contribution >= 4 is 22.0 Å². The van der Waals surface area contributed by atoms with Crippen LogP contribution < -0.4 is 0 Å². The number of halogens is 1. The molecule has 0 saturated carbocycles. The number of carbonyl (C=O) groups is 1. The SMILES string of the molecule is CCC1CC(Br)CCN1C(=O)O. The Morgan fingerprint density at radius 1 is 1.75 bits per heavy atom. The van der Waals surface area contributed by atoms with Crippen LogP contribution in [0.1, 0.15) is 26.2 Å². The van der Waals surface area contributed by atoms with Crippen molar-refractivity contribution in [3.8, 4) is 0 Å². The normalized spacial score (nSPS) is 30.3. The summed E-state index contributed by atoms with van der Waals surface area (Å²) >= 11 is 3.53. The predicted molar refractivity (Wildman–Crippen MR) is 50.8 cm³/mol. The first-order chi connectivity index (χ1) is 5.65. The van der Waals surface area contributed by atoms with Gasteiger partial charge in [-0.1, -0.05) is 22.9 Å². The number of carboxylic acid groups (broad SMARTS) is 1. The maximum Gasteiger partial charge on any atom is 0.407 e. The first-order valence-corrected chi connectivity index (χ1v) is 5.20. The zero-order valence-corrected chi connectivity index (χ0v) is 8.75. The van der Waals surface area contributed by atoms with Crippen molar-refractivity contribution in [1.82, 2.24) is 4.90 Å². The minimum Gasteiger partial charge on any atom is -0.465 e. The summed E-state index contributed by atoms with van der Waals surface area (Å²) in [5, 5.41) is 8.84. The minimum absolute atomic E-state index is 0.209. The highest BCUT2D eigenvalue weighted by Gasteiger charge is 2.28. The molecule has 1 fully saturated rings. The molecular weight excluding hydrogens is 222 g/mol. The van der Waals surface area contributed by atoms with Gasteiger partial charge in [0.25, 0.3) is 0 Å². The zero-order valence-electron chi connectivity index (χ0n) is 7.16. The van der Waals surface area contributed by atoms with Crippen LogP contribution >= 0.6 is 15.9 Å². The lowest BCUT2D eigenvalue weighted by molar-refractivity contribution is 0.107. The van der Waals surface area contributed by atoms with Gasteiger partial charge in [-0.15, -0.1) is 0 Å². The molecule has 1 N–H and O–H groups in total. The monoisotopic (exact) mass is 235 g/mol. The summed E-state index contributed by atoms with van der Waals surface area (Å²) in [6, 6.07) is 0.209. The number of hydrogen-bond acceptors (Lipinski definition) is 1. The average molecular weight is 236 g/mol. The van der Waals surface area contributed by atoms with E-state index >= 15 is 0 Å². The molecule has 2 atom stereocenters. The van der Waals surface area contributed by atoms with Gasteiger partial charge >= 0.3 is 6.09 Å². The second-order valence-corrected chi connectivity index (χ2v) is 4.45. The van der Waals surface area contributed by atoms with E-state index in [9.17, 15) is 4.79 Å². The van der Waals surface area contributed by atoms with Crippen LogP contribution in [0.2, 0.25) is 0 Å². The highest BCUT2D eigenvalue weighted by atomic mass is 79.9. The van der Waals surface area contributed by atoms with Crippen LogP contribution in [0, 0.1) is 0 Å². The lowest BCUT2D eigenvalue weighted by atomic mass is 10.0. The number of likely N-dealkylation sites (tertiary alicyclic amines) is 1. The maximum atomic E-state index is 10.7. The number of hydrogen-bond donors (Lipinski definition) is 1. The second kappa shape index (κ2) is 4.12. The smallest absolute Gasteiger partial charge is 0.407 e. The molecule has 2 unspecified atom stereocenters. The summed E-state index contributed by atoms with van der Waals surface area (Å²) in [7, 11) is 0. The van der Waals surface area contributed by atoms with Crippen molar-refractivity contribution in [2.24, 2.45) is 0 Å². The number of amides is 1. The maximum absolute atomic E-state index is 10.7. The molecule has 1 rings (SSSR count). The Bertz CT molecular complexity index is 174. The Kier molecular flexibility index (Phi) is 3.38. The fraction of sp³-hybridized carbons (Fsp3) is 0.875. The number of alkyl halides is 1. The van der Waals surface area contributed by atoms with E-state index in [0.717, 1.165) is 19.3 Å². The highest BCUT2D eigenvalue weighted by molar-refractivity contribution is 9.09. The van der Waals surface area contributed by atoms with Crippen LogP contribution in [0.3, 0.4) is 0 Å². The lowest BCUT2D eigenvalue weighted by Gasteiger charge is -2.35. The van der Waals surface area contributed by atoms with E-state index in [1.165, 1.54) is 0 Å². The van der Waals surface area contributed by atoms with Gasteiger partial charge in [0, 0.05) is 17.4 Å². The zero-order chi connectivity index (χ0) is 9.14. The molecule has 0 aromatic heterocycles. The largest absolute Gasteiger partial charge is 0.465 e. The van der Waals surface area contributed by atoms with Gasteiger partial charge in [0.05, 0.1) is 0 Å². The van der Waals surface area contributed by atoms with Crippen molar-refractivity contribution in [3.63, 3.8) is 0 Å². The molecule has 4 heteroatoms. The van der Waals surface area contributed by atoms with E-state index in [1.807, 2.05) is 6.92 Å². The summed E-state index contributed by atoms with van der Waals surface area (Å²) in [6.07, 6.45) is 2.02.